The SMILES string of the molecule is NC(=O)CN1CC2(CCN(CC3COc4ccccc4O3)CC2)c2ccccc21. The van der Waals surface area contributed by atoms with Crippen molar-refractivity contribution in [3.05, 3.63) is 54.1 Å². The molecule has 6 heteroatoms. The summed E-state index contributed by atoms with van der Waals surface area (Å²) in [6.07, 6.45) is 2.20. The maximum atomic E-state index is 11.5. The molecule has 2 aromatic carbocycles. The van der Waals surface area contributed by atoms with E-state index in [-0.39, 0.29) is 24.0 Å². The van der Waals surface area contributed by atoms with Gasteiger partial charge in [-0.25, -0.2) is 0 Å². The summed E-state index contributed by atoms with van der Waals surface area (Å²) in [5.41, 5.74) is 8.14. The van der Waals surface area contributed by atoms with Crippen LogP contribution in [0.1, 0.15) is 18.4 Å². The molecule has 1 atom stereocenters. The van der Waals surface area contributed by atoms with Gasteiger partial charge >= 0.3 is 0 Å². The zero-order valence-corrected chi connectivity index (χ0v) is 16.5. The van der Waals surface area contributed by atoms with E-state index in [9.17, 15) is 4.79 Å². The number of nitrogens with two attached hydrogens (primary N) is 1. The smallest absolute Gasteiger partial charge is 0.236 e. The number of benzene rings is 2. The minimum Gasteiger partial charge on any atom is -0.486 e. The highest BCUT2D eigenvalue weighted by Crippen LogP contribution is 2.46. The minimum absolute atomic E-state index is 0.0566. The zero-order chi connectivity index (χ0) is 19.8. The van der Waals surface area contributed by atoms with E-state index in [1.165, 1.54) is 11.3 Å². The Hall–Kier alpha value is -2.73. The topological polar surface area (TPSA) is 68.0 Å². The number of para-hydroxylation sites is 3. The first-order valence-electron chi connectivity index (χ1n) is 10.4. The summed E-state index contributed by atoms with van der Waals surface area (Å²) in [7, 11) is 0. The number of primary amides is 1. The molecule has 3 aliphatic heterocycles. The molecule has 2 N–H and O–H groups in total. The number of nitrogens with zero attached hydrogens (tertiary/aromatic N) is 2. The third-order valence-electron chi connectivity index (χ3n) is 6.50. The van der Waals surface area contributed by atoms with Crippen LogP contribution >= 0.6 is 0 Å². The number of rotatable bonds is 4. The van der Waals surface area contributed by atoms with Crippen molar-refractivity contribution in [3.63, 3.8) is 0 Å². The fraction of sp³-hybridized carbons (Fsp3) is 0.435. The van der Waals surface area contributed by atoms with Gasteiger partial charge < -0.3 is 20.1 Å². The Kier molecular flexibility index (Phi) is 4.59. The molecule has 29 heavy (non-hydrogen) atoms. The number of fused-ring (bicyclic) bond motifs is 3. The molecule has 152 valence electrons. The third kappa shape index (κ3) is 3.42. The monoisotopic (exact) mass is 393 g/mol. The van der Waals surface area contributed by atoms with Gasteiger partial charge in [-0.05, 0) is 49.7 Å². The number of amides is 1. The van der Waals surface area contributed by atoms with Gasteiger partial charge in [0.05, 0.1) is 6.54 Å². The summed E-state index contributed by atoms with van der Waals surface area (Å²) < 4.78 is 12.0. The summed E-state index contributed by atoms with van der Waals surface area (Å²) in [6, 6.07) is 16.3. The number of hydrogen-bond acceptors (Lipinski definition) is 5. The summed E-state index contributed by atoms with van der Waals surface area (Å²) in [6.45, 7) is 4.65. The van der Waals surface area contributed by atoms with Crippen molar-refractivity contribution in [2.75, 3.05) is 44.2 Å². The highest BCUT2D eigenvalue weighted by atomic mass is 16.6. The molecule has 6 nitrogen and oxygen atoms in total. The first-order valence-corrected chi connectivity index (χ1v) is 10.4. The lowest BCUT2D eigenvalue weighted by molar-refractivity contribution is -0.116. The predicted molar refractivity (Wildman–Crippen MR) is 112 cm³/mol. The number of piperidine rings is 1. The maximum Gasteiger partial charge on any atom is 0.236 e. The largest absolute Gasteiger partial charge is 0.486 e. The standard InChI is InChI=1S/C23H27N3O3/c24-22(27)14-26-16-23(18-5-1-2-6-19(18)26)9-11-25(12-10-23)13-17-15-28-20-7-3-4-8-21(20)29-17/h1-8,17H,9-16H2,(H2,24,27). The van der Waals surface area contributed by atoms with E-state index in [2.05, 4.69) is 28.0 Å². The number of likely N-dealkylation sites (tertiary alicyclic amines) is 1. The Morgan fingerprint density at radius 3 is 2.59 bits per heavy atom. The summed E-state index contributed by atoms with van der Waals surface area (Å²) >= 11 is 0. The van der Waals surface area contributed by atoms with E-state index in [0.29, 0.717) is 6.61 Å². The molecule has 1 spiro atoms. The average Bonchev–Trinajstić information content (AvgIpc) is 3.03. The Balaban J connectivity index is 1.24. The van der Waals surface area contributed by atoms with E-state index in [1.807, 2.05) is 30.3 Å². The van der Waals surface area contributed by atoms with Crippen molar-refractivity contribution in [3.8, 4) is 11.5 Å². The van der Waals surface area contributed by atoms with Crippen LogP contribution < -0.4 is 20.1 Å². The summed E-state index contributed by atoms with van der Waals surface area (Å²) in [5, 5.41) is 0. The van der Waals surface area contributed by atoms with Gasteiger partial charge in [-0.1, -0.05) is 30.3 Å². The molecule has 1 amide bonds. The molecule has 0 saturated carbocycles. The number of carbonyl (C=O) groups is 1. The van der Waals surface area contributed by atoms with Crippen molar-refractivity contribution in [1.82, 2.24) is 4.90 Å². The molecule has 1 saturated heterocycles. The van der Waals surface area contributed by atoms with Crippen LogP contribution in [0.2, 0.25) is 0 Å². The first kappa shape index (κ1) is 18.3. The lowest BCUT2D eigenvalue weighted by atomic mass is 9.74. The normalized spacial score (nSPS) is 22.5. The lowest BCUT2D eigenvalue weighted by Gasteiger charge is -2.41. The molecule has 3 heterocycles. The van der Waals surface area contributed by atoms with Crippen LogP contribution in [0, 0.1) is 0 Å². The number of hydrogen-bond donors (Lipinski definition) is 1. The second kappa shape index (κ2) is 7.26. The fourth-order valence-corrected chi connectivity index (χ4v) is 5.09. The molecule has 0 bridgehead atoms. The van der Waals surface area contributed by atoms with E-state index in [4.69, 9.17) is 15.2 Å². The number of carbonyl (C=O) groups excluding carboxylic acids is 1. The van der Waals surface area contributed by atoms with E-state index in [0.717, 1.165) is 50.5 Å². The third-order valence-corrected chi connectivity index (χ3v) is 6.50. The van der Waals surface area contributed by atoms with E-state index < -0.39 is 0 Å². The van der Waals surface area contributed by atoms with Crippen LogP contribution in [0.25, 0.3) is 0 Å². The van der Waals surface area contributed by atoms with E-state index in [1.54, 1.807) is 0 Å². The van der Waals surface area contributed by atoms with Crippen LogP contribution in [0.15, 0.2) is 48.5 Å². The van der Waals surface area contributed by atoms with Crippen molar-refractivity contribution >= 4 is 11.6 Å². The molecular formula is C23H27N3O3. The first-order chi connectivity index (χ1) is 14.1. The molecule has 1 fully saturated rings. The van der Waals surface area contributed by atoms with Crippen LogP contribution in [0.4, 0.5) is 5.69 Å². The van der Waals surface area contributed by atoms with Gasteiger partial charge in [0.2, 0.25) is 5.91 Å². The van der Waals surface area contributed by atoms with Gasteiger partial charge in [-0.15, -0.1) is 0 Å². The van der Waals surface area contributed by atoms with E-state index >= 15 is 0 Å². The summed E-state index contributed by atoms with van der Waals surface area (Å²) in [4.78, 5) is 16.2. The van der Waals surface area contributed by atoms with Crippen molar-refractivity contribution in [2.45, 2.75) is 24.4 Å². The Bertz CT molecular complexity index is 908. The van der Waals surface area contributed by atoms with Gasteiger partial charge in [0.15, 0.2) is 11.5 Å². The Morgan fingerprint density at radius 1 is 1.07 bits per heavy atom. The Labute approximate surface area is 171 Å². The fourth-order valence-electron chi connectivity index (χ4n) is 5.09. The summed E-state index contributed by atoms with van der Waals surface area (Å²) in [5.74, 6) is 1.39. The van der Waals surface area contributed by atoms with Gasteiger partial charge in [-0.2, -0.15) is 0 Å². The van der Waals surface area contributed by atoms with Gasteiger partial charge in [-0.3, -0.25) is 9.69 Å². The average molecular weight is 393 g/mol. The molecule has 3 aliphatic rings. The maximum absolute atomic E-state index is 11.5. The highest BCUT2D eigenvalue weighted by Gasteiger charge is 2.44. The van der Waals surface area contributed by atoms with Crippen molar-refractivity contribution < 1.29 is 14.3 Å². The molecule has 2 aromatic rings. The molecule has 1 unspecified atom stereocenters. The van der Waals surface area contributed by atoms with Crippen LogP contribution in [-0.2, 0) is 10.2 Å². The van der Waals surface area contributed by atoms with Crippen molar-refractivity contribution in [2.24, 2.45) is 5.73 Å². The highest BCUT2D eigenvalue weighted by molar-refractivity contribution is 5.81. The quantitative estimate of drug-likeness (QED) is 0.862. The second-order valence-corrected chi connectivity index (χ2v) is 8.42. The molecule has 5 rings (SSSR count). The molecule has 0 aromatic heterocycles. The van der Waals surface area contributed by atoms with Gasteiger partial charge in [0, 0.05) is 24.2 Å². The van der Waals surface area contributed by atoms with Crippen molar-refractivity contribution in [1.29, 1.82) is 0 Å². The van der Waals surface area contributed by atoms with Gasteiger partial charge in [0.25, 0.3) is 0 Å². The number of anilines is 1. The zero-order valence-electron chi connectivity index (χ0n) is 16.5. The predicted octanol–water partition coefficient (Wildman–Crippen LogP) is 2.17. The van der Waals surface area contributed by atoms with Gasteiger partial charge in [0.1, 0.15) is 12.7 Å². The van der Waals surface area contributed by atoms with Crippen LogP contribution in [-0.4, -0.2) is 56.2 Å². The number of ether oxygens (including phenoxy) is 2. The minimum atomic E-state index is -0.274. The Morgan fingerprint density at radius 2 is 1.79 bits per heavy atom. The molecule has 0 aliphatic carbocycles. The molecule has 0 radical (unpaired) electrons. The lowest BCUT2D eigenvalue weighted by Crippen LogP contribution is -2.49. The van der Waals surface area contributed by atoms with Crippen LogP contribution in [0.3, 0.4) is 0 Å². The van der Waals surface area contributed by atoms with Crippen LogP contribution in [0.5, 0.6) is 11.5 Å². The second-order valence-electron chi connectivity index (χ2n) is 8.42. The molecular weight excluding hydrogens is 366 g/mol.